The van der Waals surface area contributed by atoms with Gasteiger partial charge in [0.1, 0.15) is 0 Å². The Balaban J connectivity index is 2.24. The molecule has 2 aromatic carbocycles. The quantitative estimate of drug-likeness (QED) is 0.486. The first kappa shape index (κ1) is 16.6. The minimum atomic E-state index is -0.463. The van der Waals surface area contributed by atoms with Crippen LogP contribution in [0.2, 0.25) is 0 Å². The van der Waals surface area contributed by atoms with Crippen molar-refractivity contribution in [2.24, 2.45) is 0 Å². The number of amides is 2. The number of carbonyl (C=O) groups is 3. The van der Waals surface area contributed by atoms with Crippen molar-refractivity contribution >= 4 is 28.9 Å². The number of Topliss-reactive ketones (excluding diaryl/α,β-unsaturated/α-hetero) is 1. The predicted octanol–water partition coefficient (Wildman–Crippen LogP) is 3.79. The standard InChI is InChI=1S/C21H17NO3/c1-3-9-17(20(24)15-10-5-4-6-11-15)19-16-12-7-8-13-18(16)22(14(2)23)21(19)25/h3-8,10-13H,1,9H2,2H3/b19-17-. The van der Waals surface area contributed by atoms with Crippen molar-refractivity contribution in [1.29, 1.82) is 0 Å². The smallest absolute Gasteiger partial charge is 0.266 e. The number of benzene rings is 2. The number of imide groups is 1. The van der Waals surface area contributed by atoms with Gasteiger partial charge in [0.25, 0.3) is 5.91 Å². The maximum atomic E-state index is 13.0. The number of anilines is 1. The zero-order chi connectivity index (χ0) is 18.0. The lowest BCUT2D eigenvalue weighted by molar-refractivity contribution is -0.122. The number of hydrogen-bond acceptors (Lipinski definition) is 3. The lowest BCUT2D eigenvalue weighted by Gasteiger charge is -2.12. The molecule has 1 aliphatic rings. The van der Waals surface area contributed by atoms with Gasteiger partial charge in [-0.3, -0.25) is 14.4 Å². The number of ketones is 1. The van der Waals surface area contributed by atoms with E-state index in [1.807, 2.05) is 6.07 Å². The highest BCUT2D eigenvalue weighted by molar-refractivity contribution is 6.42. The molecule has 0 spiro atoms. The summed E-state index contributed by atoms with van der Waals surface area (Å²) in [5.41, 5.74) is 2.24. The Kier molecular flexibility index (Phi) is 4.44. The van der Waals surface area contributed by atoms with Crippen LogP contribution in [-0.2, 0) is 9.59 Å². The molecule has 0 N–H and O–H groups in total. The zero-order valence-electron chi connectivity index (χ0n) is 13.9. The van der Waals surface area contributed by atoms with Crippen LogP contribution in [0.1, 0.15) is 29.3 Å². The fourth-order valence-electron chi connectivity index (χ4n) is 3.04. The van der Waals surface area contributed by atoms with Crippen molar-refractivity contribution < 1.29 is 14.4 Å². The molecule has 1 heterocycles. The number of hydrogen-bond donors (Lipinski definition) is 0. The maximum absolute atomic E-state index is 13.0. The molecule has 0 atom stereocenters. The molecule has 0 radical (unpaired) electrons. The monoisotopic (exact) mass is 331 g/mol. The summed E-state index contributed by atoms with van der Waals surface area (Å²) in [6.07, 6.45) is 1.84. The average Bonchev–Trinajstić information content (AvgIpc) is 2.92. The highest BCUT2D eigenvalue weighted by Gasteiger charge is 2.37. The maximum Gasteiger partial charge on any atom is 0.266 e. The minimum Gasteiger partial charge on any atom is -0.289 e. The van der Waals surface area contributed by atoms with E-state index in [-0.39, 0.29) is 23.7 Å². The molecule has 25 heavy (non-hydrogen) atoms. The second-order valence-corrected chi connectivity index (χ2v) is 5.72. The lowest BCUT2D eigenvalue weighted by atomic mass is 9.92. The van der Waals surface area contributed by atoms with Crippen molar-refractivity contribution in [3.63, 3.8) is 0 Å². The third-order valence-electron chi connectivity index (χ3n) is 4.11. The van der Waals surface area contributed by atoms with Gasteiger partial charge in [0.2, 0.25) is 5.91 Å². The molecule has 0 saturated carbocycles. The molecule has 2 amide bonds. The number of rotatable bonds is 4. The first-order valence-corrected chi connectivity index (χ1v) is 7.94. The fraction of sp³-hybridized carbons (Fsp3) is 0.0952. The molecule has 1 aliphatic heterocycles. The van der Waals surface area contributed by atoms with E-state index in [9.17, 15) is 14.4 Å². The molecule has 4 heteroatoms. The van der Waals surface area contributed by atoms with Gasteiger partial charge in [-0.1, -0.05) is 54.6 Å². The third kappa shape index (κ3) is 2.83. The summed E-state index contributed by atoms with van der Waals surface area (Å²) in [4.78, 5) is 39.0. The Bertz CT molecular complexity index is 910. The van der Waals surface area contributed by atoms with Gasteiger partial charge in [-0.2, -0.15) is 0 Å². The van der Waals surface area contributed by atoms with Gasteiger partial charge >= 0.3 is 0 Å². The van der Waals surface area contributed by atoms with Crippen molar-refractivity contribution in [3.8, 4) is 0 Å². The number of allylic oxidation sites excluding steroid dienone is 2. The van der Waals surface area contributed by atoms with Gasteiger partial charge in [0, 0.05) is 23.6 Å². The lowest BCUT2D eigenvalue weighted by Crippen LogP contribution is -2.31. The van der Waals surface area contributed by atoms with Crippen LogP contribution in [0.25, 0.3) is 5.57 Å². The van der Waals surface area contributed by atoms with E-state index < -0.39 is 5.91 Å². The first-order chi connectivity index (χ1) is 12.1. The van der Waals surface area contributed by atoms with E-state index in [0.29, 0.717) is 22.4 Å². The second kappa shape index (κ2) is 6.69. The van der Waals surface area contributed by atoms with Crippen LogP contribution >= 0.6 is 0 Å². The molecule has 124 valence electrons. The molecule has 2 aromatic rings. The summed E-state index contributed by atoms with van der Waals surface area (Å²) in [5, 5.41) is 0. The first-order valence-electron chi connectivity index (χ1n) is 7.94. The van der Waals surface area contributed by atoms with E-state index in [1.165, 1.54) is 6.92 Å². The predicted molar refractivity (Wildman–Crippen MR) is 97.1 cm³/mol. The summed E-state index contributed by atoms with van der Waals surface area (Å²) in [5.74, 6) is -1.07. The Morgan fingerprint density at radius 2 is 1.68 bits per heavy atom. The second-order valence-electron chi connectivity index (χ2n) is 5.72. The van der Waals surface area contributed by atoms with Crippen molar-refractivity contribution in [2.45, 2.75) is 13.3 Å². The van der Waals surface area contributed by atoms with Crippen molar-refractivity contribution in [3.05, 3.63) is 84.0 Å². The Morgan fingerprint density at radius 3 is 2.32 bits per heavy atom. The number of carbonyl (C=O) groups excluding carboxylic acids is 3. The summed E-state index contributed by atoms with van der Waals surface area (Å²) < 4.78 is 0. The van der Waals surface area contributed by atoms with Crippen molar-refractivity contribution in [1.82, 2.24) is 0 Å². The van der Waals surface area contributed by atoms with Crippen LogP contribution in [-0.4, -0.2) is 17.6 Å². The van der Waals surface area contributed by atoms with Crippen LogP contribution < -0.4 is 4.90 Å². The molecule has 0 bridgehead atoms. The van der Waals surface area contributed by atoms with Crippen LogP contribution in [0.5, 0.6) is 0 Å². The zero-order valence-corrected chi connectivity index (χ0v) is 13.9. The van der Waals surface area contributed by atoms with E-state index >= 15 is 0 Å². The van der Waals surface area contributed by atoms with Gasteiger partial charge in [-0.15, -0.1) is 6.58 Å². The molecule has 0 aliphatic carbocycles. The minimum absolute atomic E-state index is 0.232. The van der Waals surface area contributed by atoms with Gasteiger partial charge in [0.05, 0.1) is 11.3 Å². The Hall–Kier alpha value is -3.27. The highest BCUT2D eigenvalue weighted by atomic mass is 16.2. The van der Waals surface area contributed by atoms with Gasteiger partial charge in [-0.05, 0) is 12.5 Å². The third-order valence-corrected chi connectivity index (χ3v) is 4.11. The van der Waals surface area contributed by atoms with Crippen LogP contribution in [0.3, 0.4) is 0 Å². The molecular weight excluding hydrogens is 314 g/mol. The summed E-state index contributed by atoms with van der Waals surface area (Å²) in [6, 6.07) is 15.8. The summed E-state index contributed by atoms with van der Waals surface area (Å²) in [7, 11) is 0. The molecule has 4 nitrogen and oxygen atoms in total. The SMILES string of the molecule is C=CC/C(C(=O)c1ccccc1)=C1/C(=O)N(C(C)=O)c2ccccc21. The normalized spacial score (nSPS) is 14.9. The van der Waals surface area contributed by atoms with E-state index in [0.717, 1.165) is 4.90 Å². The summed E-state index contributed by atoms with van der Waals surface area (Å²) in [6.45, 7) is 5.04. The van der Waals surface area contributed by atoms with Gasteiger partial charge in [-0.25, -0.2) is 4.90 Å². The molecule has 0 fully saturated rings. The van der Waals surface area contributed by atoms with Gasteiger partial charge in [0.15, 0.2) is 5.78 Å². The topological polar surface area (TPSA) is 54.5 Å². The molecule has 3 rings (SSSR count). The molecule has 0 unspecified atom stereocenters. The Morgan fingerprint density at radius 1 is 1.04 bits per heavy atom. The number of nitrogens with zero attached hydrogens (tertiary/aromatic N) is 1. The molecular formula is C21H17NO3. The van der Waals surface area contributed by atoms with E-state index in [4.69, 9.17) is 0 Å². The number of fused-ring (bicyclic) bond motifs is 1. The van der Waals surface area contributed by atoms with Crippen molar-refractivity contribution in [2.75, 3.05) is 4.90 Å². The van der Waals surface area contributed by atoms with E-state index in [1.54, 1.807) is 54.6 Å². The fourth-order valence-corrected chi connectivity index (χ4v) is 3.04. The van der Waals surface area contributed by atoms with Gasteiger partial charge < -0.3 is 0 Å². The highest BCUT2D eigenvalue weighted by Crippen LogP contribution is 2.39. The largest absolute Gasteiger partial charge is 0.289 e. The summed E-state index contributed by atoms with van der Waals surface area (Å²) >= 11 is 0. The van der Waals surface area contributed by atoms with Crippen LogP contribution in [0.15, 0.2) is 72.8 Å². The van der Waals surface area contributed by atoms with Crippen LogP contribution in [0.4, 0.5) is 5.69 Å². The molecule has 0 saturated heterocycles. The molecule has 0 aromatic heterocycles. The Labute approximate surface area is 146 Å². The van der Waals surface area contributed by atoms with Crippen LogP contribution in [0, 0.1) is 0 Å². The number of para-hydroxylation sites is 1. The van der Waals surface area contributed by atoms with E-state index in [2.05, 4.69) is 6.58 Å². The average molecular weight is 331 g/mol.